The highest BCUT2D eigenvalue weighted by atomic mass is 16.5. The molecular formula is C12H15NO3. The molecule has 1 aromatic carbocycles. The Morgan fingerprint density at radius 1 is 1.44 bits per heavy atom. The lowest BCUT2D eigenvalue weighted by atomic mass is 10.1. The first-order chi connectivity index (χ1) is 7.63. The fraction of sp³-hybridized carbons (Fsp3) is 0.417. The van der Waals surface area contributed by atoms with E-state index >= 15 is 0 Å². The molecule has 0 radical (unpaired) electrons. The molecule has 0 saturated carbocycles. The van der Waals surface area contributed by atoms with E-state index in [9.17, 15) is 4.79 Å². The van der Waals surface area contributed by atoms with E-state index in [1.165, 1.54) is 0 Å². The highest BCUT2D eigenvalue weighted by Crippen LogP contribution is 2.17. The maximum absolute atomic E-state index is 10.5. The molecule has 0 aromatic heterocycles. The van der Waals surface area contributed by atoms with Crippen molar-refractivity contribution in [1.29, 1.82) is 0 Å². The number of aliphatic carboxylic acids is 1. The maximum Gasteiger partial charge on any atom is 0.307 e. The molecule has 4 nitrogen and oxygen atoms in total. The van der Waals surface area contributed by atoms with Crippen LogP contribution in [0.25, 0.3) is 0 Å². The minimum absolute atomic E-state index is 0.0620. The van der Waals surface area contributed by atoms with Crippen molar-refractivity contribution < 1.29 is 14.6 Å². The van der Waals surface area contributed by atoms with Gasteiger partial charge in [-0.25, -0.2) is 0 Å². The van der Waals surface area contributed by atoms with Gasteiger partial charge in [-0.1, -0.05) is 12.1 Å². The van der Waals surface area contributed by atoms with Crippen molar-refractivity contribution in [3.63, 3.8) is 0 Å². The molecular weight excluding hydrogens is 206 g/mol. The quantitative estimate of drug-likeness (QED) is 0.824. The van der Waals surface area contributed by atoms with Crippen LogP contribution < -0.4 is 4.74 Å². The lowest BCUT2D eigenvalue weighted by Crippen LogP contribution is -2.51. The third-order valence-electron chi connectivity index (χ3n) is 2.61. The van der Waals surface area contributed by atoms with Gasteiger partial charge in [-0.15, -0.1) is 0 Å². The van der Waals surface area contributed by atoms with Crippen LogP contribution >= 0.6 is 0 Å². The summed E-state index contributed by atoms with van der Waals surface area (Å²) in [5.74, 6) is 0.00141. The molecule has 4 heteroatoms. The molecule has 0 atom stereocenters. The fourth-order valence-corrected chi connectivity index (χ4v) is 1.77. The largest absolute Gasteiger partial charge is 0.488 e. The Bertz CT molecular complexity index is 368. The van der Waals surface area contributed by atoms with Crippen LogP contribution in [0.2, 0.25) is 0 Å². The number of hydrogen-bond donors (Lipinski definition) is 1. The van der Waals surface area contributed by atoms with Gasteiger partial charge in [-0.05, 0) is 24.7 Å². The third-order valence-corrected chi connectivity index (χ3v) is 2.61. The Labute approximate surface area is 94.4 Å². The summed E-state index contributed by atoms with van der Waals surface area (Å²) in [4.78, 5) is 12.7. The highest BCUT2D eigenvalue weighted by Gasteiger charge is 2.24. The number of hydrogen-bond acceptors (Lipinski definition) is 3. The van der Waals surface area contributed by atoms with Gasteiger partial charge in [0, 0.05) is 13.1 Å². The molecule has 1 saturated heterocycles. The predicted molar refractivity (Wildman–Crippen MR) is 59.7 cm³/mol. The third kappa shape index (κ3) is 2.73. The molecule has 16 heavy (non-hydrogen) atoms. The van der Waals surface area contributed by atoms with Crippen molar-refractivity contribution in [3.05, 3.63) is 29.8 Å². The molecule has 1 fully saturated rings. The molecule has 2 rings (SSSR count). The number of benzene rings is 1. The Morgan fingerprint density at radius 3 is 2.56 bits per heavy atom. The van der Waals surface area contributed by atoms with E-state index in [-0.39, 0.29) is 12.5 Å². The van der Waals surface area contributed by atoms with E-state index in [1.54, 1.807) is 12.1 Å². The van der Waals surface area contributed by atoms with Crippen molar-refractivity contribution in [2.75, 3.05) is 20.1 Å². The second kappa shape index (κ2) is 4.53. The van der Waals surface area contributed by atoms with Crippen LogP contribution in [0.1, 0.15) is 5.56 Å². The SMILES string of the molecule is CN1CC(Oc2ccc(CC(=O)O)cc2)C1. The van der Waals surface area contributed by atoms with E-state index in [0.29, 0.717) is 0 Å². The lowest BCUT2D eigenvalue weighted by Gasteiger charge is -2.36. The Kier molecular flexibility index (Phi) is 3.10. The van der Waals surface area contributed by atoms with Crippen molar-refractivity contribution in [2.45, 2.75) is 12.5 Å². The second-order valence-electron chi connectivity index (χ2n) is 4.18. The van der Waals surface area contributed by atoms with Crippen LogP contribution in [-0.2, 0) is 11.2 Å². The van der Waals surface area contributed by atoms with Gasteiger partial charge in [0.1, 0.15) is 11.9 Å². The van der Waals surface area contributed by atoms with Crippen molar-refractivity contribution >= 4 is 5.97 Å². The van der Waals surface area contributed by atoms with Gasteiger partial charge in [0.05, 0.1) is 6.42 Å². The molecule has 0 spiro atoms. The standard InChI is InChI=1S/C12H15NO3/c1-13-7-11(8-13)16-10-4-2-9(3-5-10)6-12(14)15/h2-5,11H,6-8H2,1H3,(H,14,15). The van der Waals surface area contributed by atoms with Crippen LogP contribution in [0.15, 0.2) is 24.3 Å². The van der Waals surface area contributed by atoms with Crippen molar-refractivity contribution in [1.82, 2.24) is 4.90 Å². The summed E-state index contributed by atoms with van der Waals surface area (Å²) in [6, 6.07) is 7.25. The average Bonchev–Trinajstić information content (AvgIpc) is 2.18. The zero-order valence-electron chi connectivity index (χ0n) is 9.22. The zero-order valence-corrected chi connectivity index (χ0v) is 9.22. The fourth-order valence-electron chi connectivity index (χ4n) is 1.77. The van der Waals surface area contributed by atoms with E-state index in [0.717, 1.165) is 24.4 Å². The molecule has 0 amide bonds. The van der Waals surface area contributed by atoms with Gasteiger partial charge >= 0.3 is 5.97 Å². The lowest BCUT2D eigenvalue weighted by molar-refractivity contribution is -0.136. The number of rotatable bonds is 4. The molecule has 1 aromatic rings. The Hall–Kier alpha value is -1.55. The molecule has 1 heterocycles. The smallest absolute Gasteiger partial charge is 0.307 e. The van der Waals surface area contributed by atoms with Crippen molar-refractivity contribution in [2.24, 2.45) is 0 Å². The minimum atomic E-state index is -0.811. The summed E-state index contributed by atoms with van der Waals surface area (Å²) in [5.41, 5.74) is 0.797. The van der Waals surface area contributed by atoms with Gasteiger partial charge in [0.25, 0.3) is 0 Å². The normalized spacial score (nSPS) is 16.8. The van der Waals surface area contributed by atoms with E-state index in [4.69, 9.17) is 9.84 Å². The van der Waals surface area contributed by atoms with Crippen LogP contribution in [0.5, 0.6) is 5.75 Å². The van der Waals surface area contributed by atoms with Gasteiger partial charge < -0.3 is 9.84 Å². The van der Waals surface area contributed by atoms with Crippen LogP contribution in [-0.4, -0.2) is 42.2 Å². The second-order valence-corrected chi connectivity index (χ2v) is 4.18. The van der Waals surface area contributed by atoms with Crippen molar-refractivity contribution in [3.8, 4) is 5.75 Å². The zero-order chi connectivity index (χ0) is 11.5. The summed E-state index contributed by atoms with van der Waals surface area (Å²) in [6.45, 7) is 1.91. The number of likely N-dealkylation sites (N-methyl/N-ethyl adjacent to an activating group) is 1. The molecule has 1 aliphatic heterocycles. The number of ether oxygens (including phenoxy) is 1. The monoisotopic (exact) mass is 221 g/mol. The topological polar surface area (TPSA) is 49.8 Å². The molecule has 0 unspecified atom stereocenters. The molecule has 1 N–H and O–H groups in total. The number of carbonyl (C=O) groups is 1. The number of nitrogens with zero attached hydrogens (tertiary/aromatic N) is 1. The Morgan fingerprint density at radius 2 is 2.06 bits per heavy atom. The summed E-state index contributed by atoms with van der Waals surface area (Å²) >= 11 is 0. The molecule has 0 bridgehead atoms. The number of carboxylic acids is 1. The minimum Gasteiger partial charge on any atom is -0.488 e. The first-order valence-corrected chi connectivity index (χ1v) is 5.29. The summed E-state index contributed by atoms with van der Waals surface area (Å²) < 4.78 is 5.69. The van der Waals surface area contributed by atoms with Gasteiger partial charge in [-0.3, -0.25) is 9.69 Å². The van der Waals surface area contributed by atoms with Crippen LogP contribution in [0, 0.1) is 0 Å². The maximum atomic E-state index is 10.5. The van der Waals surface area contributed by atoms with E-state index < -0.39 is 5.97 Å². The molecule has 1 aliphatic rings. The van der Waals surface area contributed by atoms with E-state index in [1.807, 2.05) is 12.1 Å². The summed E-state index contributed by atoms with van der Waals surface area (Å²) in [7, 11) is 2.05. The molecule has 0 aliphatic carbocycles. The van der Waals surface area contributed by atoms with Gasteiger partial charge in [-0.2, -0.15) is 0 Å². The molecule has 86 valence electrons. The van der Waals surface area contributed by atoms with Gasteiger partial charge in [0.2, 0.25) is 0 Å². The van der Waals surface area contributed by atoms with Gasteiger partial charge in [0.15, 0.2) is 0 Å². The van der Waals surface area contributed by atoms with Crippen LogP contribution in [0.4, 0.5) is 0 Å². The highest BCUT2D eigenvalue weighted by molar-refractivity contribution is 5.70. The predicted octanol–water partition coefficient (Wildman–Crippen LogP) is 1.01. The number of carboxylic acid groups (broad SMARTS) is 1. The van der Waals surface area contributed by atoms with Crippen LogP contribution in [0.3, 0.4) is 0 Å². The Balaban J connectivity index is 1.89. The van der Waals surface area contributed by atoms with E-state index in [2.05, 4.69) is 11.9 Å². The number of likely N-dealkylation sites (tertiary alicyclic amines) is 1. The average molecular weight is 221 g/mol. The summed E-state index contributed by atoms with van der Waals surface area (Å²) in [6.07, 6.45) is 0.335. The summed E-state index contributed by atoms with van der Waals surface area (Å²) in [5, 5.41) is 8.62. The first kappa shape index (κ1) is 11.0. The first-order valence-electron chi connectivity index (χ1n) is 5.29.